The molecule has 0 aromatic heterocycles. The second kappa shape index (κ2) is 2.45. The molecule has 0 heterocycles. The van der Waals surface area contributed by atoms with Crippen molar-refractivity contribution < 1.29 is 5.11 Å². The summed E-state index contributed by atoms with van der Waals surface area (Å²) in [7, 11) is 0. The molecule has 1 N–H and O–H groups in total. The predicted octanol–water partition coefficient (Wildman–Crippen LogP) is 2.02. The maximum Gasteiger partial charge on any atom is 0.113 e. The average molecular weight is 98.1 g/mol. The lowest BCUT2D eigenvalue weighted by Gasteiger charge is -1.91. The molecule has 0 spiro atoms. The van der Waals surface area contributed by atoms with E-state index in [1.807, 2.05) is 0 Å². The molecule has 0 aliphatic rings. The van der Waals surface area contributed by atoms with Crippen molar-refractivity contribution in [1.29, 1.82) is 0 Å². The first-order chi connectivity index (χ1) is 3.18. The minimum absolute atomic E-state index is 0.278. The number of aliphatic hydroxyl groups excluding tert-OH is 1. The van der Waals surface area contributed by atoms with Gasteiger partial charge in [0.25, 0.3) is 0 Å². The van der Waals surface area contributed by atoms with E-state index in [0.717, 1.165) is 0 Å². The van der Waals surface area contributed by atoms with E-state index in [-0.39, 0.29) is 5.76 Å². The highest BCUT2D eigenvalue weighted by molar-refractivity contribution is 5.17. The highest BCUT2D eigenvalue weighted by Crippen LogP contribution is 1.98. The summed E-state index contributed by atoms with van der Waals surface area (Å²) in [6.07, 6.45) is 1.61. The first-order valence-electron chi connectivity index (χ1n) is 2.19. The Balaban J connectivity index is 3.82. The van der Waals surface area contributed by atoms with Crippen LogP contribution in [0.15, 0.2) is 24.0 Å². The third kappa shape index (κ3) is 2.04. The number of aliphatic hydroxyl groups is 1. The molecular weight excluding hydrogens is 88.1 g/mol. The molecule has 0 aliphatic heterocycles. The Hall–Kier alpha value is -0.720. The van der Waals surface area contributed by atoms with E-state index in [1.165, 1.54) is 0 Å². The van der Waals surface area contributed by atoms with Crippen molar-refractivity contribution in [1.82, 2.24) is 0 Å². The second-order valence-electron chi connectivity index (χ2n) is 1.45. The summed E-state index contributed by atoms with van der Waals surface area (Å²) in [5.41, 5.74) is 0.711. The standard InChI is InChI=1S/C6H10O/c1-4-6(7)5(2)3/h4,7H,2H2,1,3H3. The molecule has 0 radical (unpaired) electrons. The van der Waals surface area contributed by atoms with Gasteiger partial charge in [0.2, 0.25) is 0 Å². The van der Waals surface area contributed by atoms with Gasteiger partial charge in [0.05, 0.1) is 0 Å². The lowest BCUT2D eigenvalue weighted by molar-refractivity contribution is 0.423. The Bertz CT molecular complexity index is 101. The summed E-state index contributed by atoms with van der Waals surface area (Å²) >= 11 is 0. The van der Waals surface area contributed by atoms with E-state index in [0.29, 0.717) is 5.57 Å². The van der Waals surface area contributed by atoms with Crippen molar-refractivity contribution in [2.24, 2.45) is 0 Å². The monoisotopic (exact) mass is 98.1 g/mol. The molecule has 0 amide bonds. The average Bonchev–Trinajstić information content (AvgIpc) is 1.65. The fourth-order valence-corrected chi connectivity index (χ4v) is 0.246. The second-order valence-corrected chi connectivity index (χ2v) is 1.45. The first-order valence-corrected chi connectivity index (χ1v) is 2.19. The summed E-state index contributed by atoms with van der Waals surface area (Å²) < 4.78 is 0. The van der Waals surface area contributed by atoms with Gasteiger partial charge in [0.1, 0.15) is 5.76 Å². The maximum absolute atomic E-state index is 8.70. The minimum Gasteiger partial charge on any atom is -0.508 e. The third-order valence-electron chi connectivity index (χ3n) is 0.711. The van der Waals surface area contributed by atoms with Crippen LogP contribution < -0.4 is 0 Å². The molecule has 7 heavy (non-hydrogen) atoms. The Morgan fingerprint density at radius 2 is 2.14 bits per heavy atom. The zero-order valence-electron chi connectivity index (χ0n) is 4.73. The van der Waals surface area contributed by atoms with Gasteiger partial charge in [-0.25, -0.2) is 0 Å². The van der Waals surface area contributed by atoms with Crippen LogP contribution in [0.2, 0.25) is 0 Å². The fourth-order valence-electron chi connectivity index (χ4n) is 0.246. The van der Waals surface area contributed by atoms with Crippen molar-refractivity contribution in [2.45, 2.75) is 13.8 Å². The first kappa shape index (κ1) is 6.28. The number of hydrogen-bond donors (Lipinski definition) is 1. The van der Waals surface area contributed by atoms with Gasteiger partial charge >= 0.3 is 0 Å². The summed E-state index contributed by atoms with van der Waals surface area (Å²) in [5.74, 6) is 0.278. The van der Waals surface area contributed by atoms with Crippen molar-refractivity contribution in [3.8, 4) is 0 Å². The molecule has 0 fully saturated rings. The molecule has 1 nitrogen and oxygen atoms in total. The van der Waals surface area contributed by atoms with Crippen LogP contribution in [0, 0.1) is 0 Å². The van der Waals surface area contributed by atoms with E-state index in [1.54, 1.807) is 19.9 Å². The van der Waals surface area contributed by atoms with Gasteiger partial charge in [-0.3, -0.25) is 0 Å². The topological polar surface area (TPSA) is 20.2 Å². The van der Waals surface area contributed by atoms with Gasteiger partial charge in [0.15, 0.2) is 0 Å². The Morgan fingerprint density at radius 1 is 1.71 bits per heavy atom. The van der Waals surface area contributed by atoms with Gasteiger partial charge in [-0.05, 0) is 25.5 Å². The zero-order chi connectivity index (χ0) is 5.86. The molecule has 0 aromatic carbocycles. The molecule has 0 aromatic rings. The van der Waals surface area contributed by atoms with E-state index in [4.69, 9.17) is 5.11 Å². The largest absolute Gasteiger partial charge is 0.508 e. The number of allylic oxidation sites excluding steroid dienone is 2. The normalized spacial score (nSPS) is 11.4. The van der Waals surface area contributed by atoms with Crippen LogP contribution in [0.25, 0.3) is 0 Å². The van der Waals surface area contributed by atoms with E-state index >= 15 is 0 Å². The van der Waals surface area contributed by atoms with Crippen molar-refractivity contribution in [3.05, 3.63) is 24.0 Å². The van der Waals surface area contributed by atoms with E-state index < -0.39 is 0 Å². The molecule has 0 aliphatic carbocycles. The zero-order valence-corrected chi connectivity index (χ0v) is 4.73. The lowest BCUT2D eigenvalue weighted by Crippen LogP contribution is -1.76. The number of rotatable bonds is 1. The maximum atomic E-state index is 8.70. The highest BCUT2D eigenvalue weighted by atomic mass is 16.3. The number of hydrogen-bond acceptors (Lipinski definition) is 1. The Morgan fingerprint density at radius 3 is 2.14 bits per heavy atom. The van der Waals surface area contributed by atoms with Gasteiger partial charge in [-0.1, -0.05) is 6.58 Å². The van der Waals surface area contributed by atoms with E-state index in [2.05, 4.69) is 6.58 Å². The van der Waals surface area contributed by atoms with Crippen LogP contribution in [0.1, 0.15) is 13.8 Å². The van der Waals surface area contributed by atoms with Crippen molar-refractivity contribution >= 4 is 0 Å². The molecule has 1 heteroatoms. The SMILES string of the molecule is C=C(C)C(O)=CC. The van der Waals surface area contributed by atoms with E-state index in [9.17, 15) is 0 Å². The van der Waals surface area contributed by atoms with Crippen LogP contribution in [-0.2, 0) is 0 Å². The van der Waals surface area contributed by atoms with Crippen LogP contribution in [0.3, 0.4) is 0 Å². The summed E-state index contributed by atoms with van der Waals surface area (Å²) in [4.78, 5) is 0. The van der Waals surface area contributed by atoms with Crippen molar-refractivity contribution in [2.75, 3.05) is 0 Å². The quantitative estimate of drug-likeness (QED) is 0.393. The Labute approximate surface area is 44.0 Å². The molecule has 0 saturated heterocycles. The Kier molecular flexibility index (Phi) is 2.20. The van der Waals surface area contributed by atoms with Gasteiger partial charge in [-0.15, -0.1) is 0 Å². The summed E-state index contributed by atoms with van der Waals surface area (Å²) in [6, 6.07) is 0. The van der Waals surface area contributed by atoms with Gasteiger partial charge < -0.3 is 5.11 Å². The minimum atomic E-state index is 0.278. The molecule has 40 valence electrons. The highest BCUT2D eigenvalue weighted by Gasteiger charge is 1.85. The third-order valence-corrected chi connectivity index (χ3v) is 0.711. The van der Waals surface area contributed by atoms with Crippen LogP contribution >= 0.6 is 0 Å². The molecule has 0 saturated carbocycles. The molecule has 0 unspecified atom stereocenters. The molecule has 0 bridgehead atoms. The van der Waals surface area contributed by atoms with Crippen LogP contribution in [0.5, 0.6) is 0 Å². The van der Waals surface area contributed by atoms with Crippen LogP contribution in [-0.4, -0.2) is 5.11 Å². The fraction of sp³-hybridized carbons (Fsp3) is 0.333. The summed E-state index contributed by atoms with van der Waals surface area (Å²) in [5, 5.41) is 8.70. The smallest absolute Gasteiger partial charge is 0.113 e. The van der Waals surface area contributed by atoms with Gasteiger partial charge in [0, 0.05) is 0 Å². The molecule has 0 rings (SSSR count). The molecular formula is C6H10O. The van der Waals surface area contributed by atoms with Crippen molar-refractivity contribution in [3.63, 3.8) is 0 Å². The predicted molar refractivity (Wildman–Crippen MR) is 31.2 cm³/mol. The van der Waals surface area contributed by atoms with Gasteiger partial charge in [-0.2, -0.15) is 0 Å². The molecule has 0 atom stereocenters. The summed E-state index contributed by atoms with van der Waals surface area (Å²) in [6.45, 7) is 7.03. The van der Waals surface area contributed by atoms with Crippen LogP contribution in [0.4, 0.5) is 0 Å². The lowest BCUT2D eigenvalue weighted by atomic mass is 10.3.